The summed E-state index contributed by atoms with van der Waals surface area (Å²) in [4.78, 5) is 12.7. The molecule has 6 nitrogen and oxygen atoms in total. The van der Waals surface area contributed by atoms with Gasteiger partial charge in [-0.2, -0.15) is 5.10 Å². The molecular formula is C22H23N3O3S. The maximum atomic E-state index is 12.7. The van der Waals surface area contributed by atoms with Crippen LogP contribution in [0, 0.1) is 13.8 Å². The summed E-state index contributed by atoms with van der Waals surface area (Å²) in [6.07, 6.45) is 0. The van der Waals surface area contributed by atoms with Crippen LogP contribution in [0.3, 0.4) is 0 Å². The molecule has 0 fully saturated rings. The van der Waals surface area contributed by atoms with E-state index in [0.717, 1.165) is 28.1 Å². The summed E-state index contributed by atoms with van der Waals surface area (Å²) >= 11 is 1.56. The quantitative estimate of drug-likeness (QED) is 0.672. The summed E-state index contributed by atoms with van der Waals surface area (Å²) in [5, 5.41) is 17.4. The summed E-state index contributed by atoms with van der Waals surface area (Å²) in [5.41, 5.74) is 4.80. The van der Waals surface area contributed by atoms with E-state index in [0.29, 0.717) is 11.6 Å². The molecule has 150 valence electrons. The molecule has 0 aliphatic carbocycles. The summed E-state index contributed by atoms with van der Waals surface area (Å²) in [5.74, 6) is 1.12. The SMILES string of the molecule is COc1cc(C2SC(C)C(=O)Nc3c2c(C)nn3-c2ccc(C)cc2)ccc1O. The lowest BCUT2D eigenvalue weighted by Crippen LogP contribution is -2.22. The second-order valence-electron chi connectivity index (χ2n) is 7.17. The number of carbonyl (C=O) groups is 1. The van der Waals surface area contributed by atoms with Crippen molar-refractivity contribution >= 4 is 23.5 Å². The molecule has 2 aromatic carbocycles. The highest BCUT2D eigenvalue weighted by Gasteiger charge is 2.34. The maximum Gasteiger partial charge on any atom is 0.238 e. The second-order valence-corrected chi connectivity index (χ2v) is 8.62. The lowest BCUT2D eigenvalue weighted by Gasteiger charge is -2.18. The van der Waals surface area contributed by atoms with Gasteiger partial charge in [0.25, 0.3) is 0 Å². The lowest BCUT2D eigenvalue weighted by molar-refractivity contribution is -0.115. The van der Waals surface area contributed by atoms with Crippen molar-refractivity contribution in [3.63, 3.8) is 0 Å². The molecule has 0 bridgehead atoms. The Morgan fingerprint density at radius 3 is 2.59 bits per heavy atom. The topological polar surface area (TPSA) is 76.4 Å². The Morgan fingerprint density at radius 1 is 1.17 bits per heavy atom. The van der Waals surface area contributed by atoms with Crippen LogP contribution in [-0.2, 0) is 4.79 Å². The number of amides is 1. The Bertz CT molecular complexity index is 1080. The molecule has 2 heterocycles. The minimum Gasteiger partial charge on any atom is -0.504 e. The van der Waals surface area contributed by atoms with Crippen molar-refractivity contribution in [3.05, 3.63) is 64.8 Å². The number of thioether (sulfide) groups is 1. The van der Waals surface area contributed by atoms with Crippen LogP contribution >= 0.6 is 11.8 Å². The van der Waals surface area contributed by atoms with Crippen molar-refractivity contribution in [2.45, 2.75) is 31.3 Å². The molecule has 1 aromatic heterocycles. The Kier molecular flexibility index (Phi) is 5.00. The fourth-order valence-electron chi connectivity index (χ4n) is 3.50. The van der Waals surface area contributed by atoms with Crippen molar-refractivity contribution in [1.82, 2.24) is 9.78 Å². The minimum absolute atomic E-state index is 0.0576. The first-order valence-corrected chi connectivity index (χ1v) is 10.3. The van der Waals surface area contributed by atoms with Crippen molar-refractivity contribution < 1.29 is 14.6 Å². The van der Waals surface area contributed by atoms with E-state index in [-0.39, 0.29) is 22.2 Å². The molecule has 0 spiro atoms. The molecule has 1 aliphatic heterocycles. The fourth-order valence-corrected chi connectivity index (χ4v) is 4.81. The number of aryl methyl sites for hydroxylation is 2. The highest BCUT2D eigenvalue weighted by Crippen LogP contribution is 2.47. The number of methoxy groups -OCH3 is 1. The van der Waals surface area contributed by atoms with Gasteiger partial charge in [0.1, 0.15) is 5.82 Å². The number of hydrogen-bond acceptors (Lipinski definition) is 5. The van der Waals surface area contributed by atoms with Crippen molar-refractivity contribution in [1.29, 1.82) is 0 Å². The number of hydrogen-bond donors (Lipinski definition) is 2. The molecule has 1 amide bonds. The number of benzene rings is 2. The van der Waals surface area contributed by atoms with Crippen molar-refractivity contribution in [3.8, 4) is 17.2 Å². The largest absolute Gasteiger partial charge is 0.504 e. The Balaban J connectivity index is 1.90. The van der Waals surface area contributed by atoms with Gasteiger partial charge in [-0.15, -0.1) is 11.8 Å². The number of rotatable bonds is 3. The molecule has 1 aliphatic rings. The summed E-state index contributed by atoms with van der Waals surface area (Å²) < 4.78 is 7.09. The van der Waals surface area contributed by atoms with E-state index >= 15 is 0 Å². The Hall–Kier alpha value is -2.93. The van der Waals surface area contributed by atoms with Crippen LogP contribution in [0.1, 0.15) is 34.6 Å². The van der Waals surface area contributed by atoms with Gasteiger partial charge in [0, 0.05) is 5.56 Å². The van der Waals surface area contributed by atoms with E-state index in [4.69, 9.17) is 9.84 Å². The molecule has 2 unspecified atom stereocenters. The Morgan fingerprint density at radius 2 is 1.90 bits per heavy atom. The summed E-state index contributed by atoms with van der Waals surface area (Å²) in [6.45, 7) is 5.89. The highest BCUT2D eigenvalue weighted by molar-refractivity contribution is 8.01. The molecule has 7 heteroatoms. The molecule has 0 saturated carbocycles. The van der Waals surface area contributed by atoms with E-state index in [1.807, 2.05) is 57.2 Å². The number of phenols is 1. The first-order valence-electron chi connectivity index (χ1n) is 9.39. The molecule has 0 saturated heterocycles. The number of nitrogens with one attached hydrogen (secondary N) is 1. The average molecular weight is 410 g/mol. The number of aromatic nitrogens is 2. The molecule has 0 radical (unpaired) electrons. The third kappa shape index (κ3) is 3.46. The van der Waals surface area contributed by atoms with Crippen molar-refractivity contribution in [2.24, 2.45) is 0 Å². The summed E-state index contributed by atoms with van der Waals surface area (Å²) in [6, 6.07) is 13.3. The van der Waals surface area contributed by atoms with Crippen LogP contribution in [0.5, 0.6) is 11.5 Å². The third-order valence-electron chi connectivity index (χ3n) is 5.11. The van der Waals surface area contributed by atoms with E-state index in [1.165, 1.54) is 7.11 Å². The van der Waals surface area contributed by atoms with E-state index < -0.39 is 0 Å². The third-order valence-corrected chi connectivity index (χ3v) is 6.51. The van der Waals surface area contributed by atoms with E-state index in [2.05, 4.69) is 5.32 Å². The normalized spacial score (nSPS) is 18.7. The maximum absolute atomic E-state index is 12.7. The van der Waals surface area contributed by atoms with Crippen LogP contribution < -0.4 is 10.1 Å². The van der Waals surface area contributed by atoms with Gasteiger partial charge in [0.15, 0.2) is 11.5 Å². The number of carbonyl (C=O) groups excluding carboxylic acids is 1. The van der Waals surface area contributed by atoms with Crippen LogP contribution in [-0.4, -0.2) is 33.2 Å². The molecule has 29 heavy (non-hydrogen) atoms. The van der Waals surface area contributed by atoms with Crippen LogP contribution in [0.25, 0.3) is 5.69 Å². The number of fused-ring (bicyclic) bond motifs is 1. The van der Waals surface area contributed by atoms with E-state index in [1.54, 1.807) is 22.5 Å². The van der Waals surface area contributed by atoms with Gasteiger partial charge in [-0.3, -0.25) is 4.79 Å². The first kappa shape index (κ1) is 19.4. The zero-order valence-electron chi connectivity index (χ0n) is 16.8. The van der Waals surface area contributed by atoms with Crippen LogP contribution in [0.4, 0.5) is 5.82 Å². The van der Waals surface area contributed by atoms with Gasteiger partial charge >= 0.3 is 0 Å². The molecule has 4 rings (SSSR count). The molecule has 3 aromatic rings. The number of nitrogens with zero attached hydrogens (tertiary/aromatic N) is 2. The van der Waals surface area contributed by atoms with Crippen molar-refractivity contribution in [2.75, 3.05) is 12.4 Å². The molecule has 2 N–H and O–H groups in total. The predicted octanol–water partition coefficient (Wildman–Crippen LogP) is 4.37. The number of anilines is 1. The zero-order valence-corrected chi connectivity index (χ0v) is 17.6. The smallest absolute Gasteiger partial charge is 0.238 e. The summed E-state index contributed by atoms with van der Waals surface area (Å²) in [7, 11) is 1.53. The van der Waals surface area contributed by atoms with Crippen LogP contribution in [0.2, 0.25) is 0 Å². The van der Waals surface area contributed by atoms with Gasteiger partial charge < -0.3 is 15.2 Å². The number of phenolic OH excluding ortho intramolecular Hbond substituents is 1. The van der Waals surface area contributed by atoms with Gasteiger partial charge in [-0.05, 0) is 50.6 Å². The minimum atomic E-state index is -0.252. The van der Waals surface area contributed by atoms with E-state index in [9.17, 15) is 9.90 Å². The highest BCUT2D eigenvalue weighted by atomic mass is 32.2. The Labute approximate surface area is 173 Å². The standard InChI is InChI=1S/C22H23N3O3S/c1-12-5-8-16(9-6-12)25-21-19(13(2)24-25)20(29-14(3)22(27)23-21)15-7-10-17(26)18(11-15)28-4/h5-11,14,20,26H,1-4H3,(H,23,27). The van der Waals surface area contributed by atoms with Gasteiger partial charge in [0.2, 0.25) is 5.91 Å². The second kappa shape index (κ2) is 7.48. The van der Waals surface area contributed by atoms with Crippen LogP contribution in [0.15, 0.2) is 42.5 Å². The number of ether oxygens (including phenoxy) is 1. The lowest BCUT2D eigenvalue weighted by atomic mass is 10.0. The molecular weight excluding hydrogens is 386 g/mol. The average Bonchev–Trinajstić information content (AvgIpc) is 2.95. The zero-order chi connectivity index (χ0) is 20.7. The molecule has 2 atom stereocenters. The fraction of sp³-hybridized carbons (Fsp3) is 0.273. The monoisotopic (exact) mass is 409 g/mol. The van der Waals surface area contributed by atoms with Gasteiger partial charge in [-0.1, -0.05) is 23.8 Å². The predicted molar refractivity (Wildman–Crippen MR) is 115 cm³/mol. The number of aromatic hydroxyl groups is 1. The van der Waals surface area contributed by atoms with Gasteiger partial charge in [0.05, 0.1) is 29.0 Å². The first-order chi connectivity index (χ1) is 13.9. The van der Waals surface area contributed by atoms with Gasteiger partial charge in [-0.25, -0.2) is 4.68 Å².